The molecule has 0 aliphatic heterocycles. The molecule has 0 bridgehead atoms. The number of rotatable bonds is 4. The first-order chi connectivity index (χ1) is 9.91. The van der Waals surface area contributed by atoms with Gasteiger partial charge < -0.3 is 10.6 Å². The highest BCUT2D eigenvalue weighted by Crippen LogP contribution is 2.32. The zero-order valence-corrected chi connectivity index (χ0v) is 14.0. The summed E-state index contributed by atoms with van der Waals surface area (Å²) in [6.07, 6.45) is 0. The van der Waals surface area contributed by atoms with Crippen LogP contribution in [0.1, 0.15) is 37.1 Å². The maximum atomic E-state index is 6.32. The predicted octanol–water partition coefficient (Wildman–Crippen LogP) is 5.21. The maximum absolute atomic E-state index is 6.32. The van der Waals surface area contributed by atoms with Crippen molar-refractivity contribution in [1.82, 2.24) is 0 Å². The van der Waals surface area contributed by atoms with E-state index in [0.29, 0.717) is 5.02 Å². The van der Waals surface area contributed by atoms with Crippen LogP contribution >= 0.6 is 23.2 Å². The van der Waals surface area contributed by atoms with Crippen molar-refractivity contribution in [2.24, 2.45) is 5.73 Å². The van der Waals surface area contributed by atoms with Gasteiger partial charge in [-0.25, -0.2) is 0 Å². The third kappa shape index (κ3) is 3.52. The van der Waals surface area contributed by atoms with E-state index in [1.165, 1.54) is 0 Å². The van der Waals surface area contributed by atoms with Gasteiger partial charge in [0.05, 0.1) is 6.04 Å². The highest BCUT2D eigenvalue weighted by Gasteiger charge is 2.16. The molecule has 0 aromatic heterocycles. The normalized spacial score (nSPS) is 13.8. The quantitative estimate of drug-likeness (QED) is 0.837. The van der Waals surface area contributed by atoms with E-state index in [4.69, 9.17) is 28.9 Å². The number of nitrogens with zero attached hydrogens (tertiary/aromatic N) is 1. The molecule has 2 aromatic carbocycles. The van der Waals surface area contributed by atoms with Crippen molar-refractivity contribution < 1.29 is 0 Å². The SMILES string of the molecule is CC(N)c1ccc(N(C)C(C)c2ccccc2Cl)cc1Cl. The van der Waals surface area contributed by atoms with Crippen molar-refractivity contribution in [3.8, 4) is 0 Å². The fraction of sp³-hybridized carbons (Fsp3) is 0.294. The van der Waals surface area contributed by atoms with Gasteiger partial charge in [-0.2, -0.15) is 0 Å². The van der Waals surface area contributed by atoms with Gasteiger partial charge in [-0.1, -0.05) is 47.5 Å². The minimum atomic E-state index is -0.0714. The minimum absolute atomic E-state index is 0.0714. The van der Waals surface area contributed by atoms with E-state index in [0.717, 1.165) is 21.8 Å². The average Bonchev–Trinajstić information content (AvgIpc) is 2.45. The van der Waals surface area contributed by atoms with E-state index in [1.807, 2.05) is 56.4 Å². The van der Waals surface area contributed by atoms with Crippen molar-refractivity contribution >= 4 is 28.9 Å². The van der Waals surface area contributed by atoms with Gasteiger partial charge in [-0.05, 0) is 43.2 Å². The molecular formula is C17H20Cl2N2. The number of anilines is 1. The van der Waals surface area contributed by atoms with E-state index in [1.54, 1.807) is 0 Å². The van der Waals surface area contributed by atoms with Crippen LogP contribution in [0.15, 0.2) is 42.5 Å². The molecule has 0 aliphatic rings. The van der Waals surface area contributed by atoms with Crippen molar-refractivity contribution in [3.05, 3.63) is 63.6 Å². The fourth-order valence-electron chi connectivity index (χ4n) is 2.35. The summed E-state index contributed by atoms with van der Waals surface area (Å²) in [6.45, 7) is 4.05. The first-order valence-electron chi connectivity index (χ1n) is 6.94. The standard InChI is InChI=1S/C17H20Cl2N2/c1-11(20)14-9-8-13(10-17(14)19)21(3)12(2)15-6-4-5-7-16(15)18/h4-12H,20H2,1-3H3. The molecule has 2 unspecified atom stereocenters. The fourth-order valence-corrected chi connectivity index (χ4v) is 2.99. The van der Waals surface area contributed by atoms with Crippen LogP contribution in [-0.4, -0.2) is 7.05 Å². The zero-order valence-electron chi connectivity index (χ0n) is 12.5. The molecule has 2 nitrogen and oxygen atoms in total. The Bertz CT molecular complexity index is 626. The predicted molar refractivity (Wildman–Crippen MR) is 92.3 cm³/mol. The number of hydrogen-bond donors (Lipinski definition) is 1. The first kappa shape index (κ1) is 16.2. The second-order valence-corrected chi connectivity index (χ2v) is 6.12. The van der Waals surface area contributed by atoms with E-state index in [2.05, 4.69) is 11.8 Å². The molecule has 0 aliphatic carbocycles. The Balaban J connectivity index is 2.30. The van der Waals surface area contributed by atoms with Crippen LogP contribution in [0.3, 0.4) is 0 Å². The Kier molecular flexibility index (Phi) is 5.15. The first-order valence-corrected chi connectivity index (χ1v) is 7.69. The molecule has 2 atom stereocenters. The highest BCUT2D eigenvalue weighted by molar-refractivity contribution is 6.32. The number of halogens is 2. The Hall–Kier alpha value is -1.22. The summed E-state index contributed by atoms with van der Waals surface area (Å²) < 4.78 is 0. The molecule has 2 aromatic rings. The van der Waals surface area contributed by atoms with Crippen molar-refractivity contribution in [3.63, 3.8) is 0 Å². The van der Waals surface area contributed by atoms with Crippen molar-refractivity contribution in [2.45, 2.75) is 25.9 Å². The van der Waals surface area contributed by atoms with Gasteiger partial charge in [0.15, 0.2) is 0 Å². The molecule has 0 radical (unpaired) electrons. The largest absolute Gasteiger partial charge is 0.368 e. The van der Waals surface area contributed by atoms with Crippen molar-refractivity contribution in [1.29, 1.82) is 0 Å². The molecule has 0 saturated heterocycles. The highest BCUT2D eigenvalue weighted by atomic mass is 35.5. The van der Waals surface area contributed by atoms with E-state index < -0.39 is 0 Å². The van der Waals surface area contributed by atoms with E-state index >= 15 is 0 Å². The molecule has 0 heterocycles. The molecule has 0 spiro atoms. The Morgan fingerprint density at radius 2 is 1.62 bits per heavy atom. The lowest BCUT2D eigenvalue weighted by molar-refractivity contribution is 0.739. The van der Waals surface area contributed by atoms with E-state index in [9.17, 15) is 0 Å². The number of benzene rings is 2. The van der Waals surface area contributed by atoms with Gasteiger partial charge in [0, 0.05) is 28.8 Å². The maximum Gasteiger partial charge on any atom is 0.0525 e. The van der Waals surface area contributed by atoms with Crippen LogP contribution in [-0.2, 0) is 0 Å². The molecule has 2 N–H and O–H groups in total. The Morgan fingerprint density at radius 3 is 2.19 bits per heavy atom. The van der Waals surface area contributed by atoms with E-state index in [-0.39, 0.29) is 12.1 Å². The Morgan fingerprint density at radius 1 is 0.952 bits per heavy atom. The second-order valence-electron chi connectivity index (χ2n) is 5.30. The summed E-state index contributed by atoms with van der Waals surface area (Å²) in [5.74, 6) is 0. The molecule has 0 saturated carbocycles. The average molecular weight is 323 g/mol. The smallest absolute Gasteiger partial charge is 0.0525 e. The topological polar surface area (TPSA) is 29.3 Å². The molecule has 4 heteroatoms. The lowest BCUT2D eigenvalue weighted by Gasteiger charge is -2.28. The summed E-state index contributed by atoms with van der Waals surface area (Å²) >= 11 is 12.6. The van der Waals surface area contributed by atoms with Gasteiger partial charge in [-0.15, -0.1) is 0 Å². The molecule has 0 fully saturated rings. The molecule has 112 valence electrons. The summed E-state index contributed by atoms with van der Waals surface area (Å²) in [5, 5.41) is 1.47. The summed E-state index contributed by atoms with van der Waals surface area (Å²) in [7, 11) is 2.03. The molecule has 21 heavy (non-hydrogen) atoms. The van der Waals surface area contributed by atoms with Gasteiger partial charge in [0.25, 0.3) is 0 Å². The zero-order chi connectivity index (χ0) is 15.6. The van der Waals surface area contributed by atoms with Crippen LogP contribution in [0.2, 0.25) is 10.0 Å². The summed E-state index contributed by atoms with van der Waals surface area (Å²) in [6, 6.07) is 13.9. The van der Waals surface area contributed by atoms with Gasteiger partial charge in [0.1, 0.15) is 0 Å². The third-order valence-corrected chi connectivity index (χ3v) is 4.49. The minimum Gasteiger partial charge on any atom is -0.368 e. The monoisotopic (exact) mass is 322 g/mol. The van der Waals surface area contributed by atoms with Gasteiger partial charge in [0.2, 0.25) is 0 Å². The summed E-state index contributed by atoms with van der Waals surface area (Å²) in [5.41, 5.74) is 8.98. The molecule has 2 rings (SSSR count). The number of nitrogens with two attached hydrogens (primary N) is 1. The molecule has 0 amide bonds. The third-order valence-electron chi connectivity index (χ3n) is 3.82. The van der Waals surface area contributed by atoms with Crippen LogP contribution < -0.4 is 10.6 Å². The molecular weight excluding hydrogens is 303 g/mol. The van der Waals surface area contributed by atoms with Crippen LogP contribution in [0, 0.1) is 0 Å². The number of hydrogen-bond acceptors (Lipinski definition) is 2. The Labute approximate surface area is 136 Å². The summed E-state index contributed by atoms with van der Waals surface area (Å²) in [4.78, 5) is 2.15. The van der Waals surface area contributed by atoms with Crippen LogP contribution in [0.5, 0.6) is 0 Å². The van der Waals surface area contributed by atoms with Crippen LogP contribution in [0.4, 0.5) is 5.69 Å². The van der Waals surface area contributed by atoms with Crippen LogP contribution in [0.25, 0.3) is 0 Å². The van der Waals surface area contributed by atoms with Crippen molar-refractivity contribution in [2.75, 3.05) is 11.9 Å². The second kappa shape index (κ2) is 6.69. The van der Waals surface area contributed by atoms with Gasteiger partial charge >= 0.3 is 0 Å². The van der Waals surface area contributed by atoms with Gasteiger partial charge in [-0.3, -0.25) is 0 Å². The lowest BCUT2D eigenvalue weighted by Crippen LogP contribution is -2.22. The lowest BCUT2D eigenvalue weighted by atomic mass is 10.0.